The van der Waals surface area contributed by atoms with Gasteiger partial charge in [-0.3, -0.25) is 4.98 Å². The molecule has 0 radical (unpaired) electrons. The Morgan fingerprint density at radius 3 is 2.54 bits per heavy atom. The average molecular weight is 374 g/mol. The second-order valence-corrected chi connectivity index (χ2v) is 7.44. The molecule has 1 aliphatic heterocycles. The number of nitrogens with two attached hydrogens (primary N) is 1. The Morgan fingerprint density at radius 1 is 1.04 bits per heavy atom. The normalized spacial score (nSPS) is 15.5. The Hall–Kier alpha value is -2.92. The van der Waals surface area contributed by atoms with Gasteiger partial charge in [0, 0.05) is 18.0 Å². The highest BCUT2D eigenvalue weighted by molar-refractivity contribution is 5.64. The van der Waals surface area contributed by atoms with Crippen molar-refractivity contribution < 1.29 is 4.74 Å². The van der Waals surface area contributed by atoms with E-state index >= 15 is 0 Å². The molecule has 1 aliphatic rings. The number of nitrogen functional groups attached to an aromatic ring is 1. The van der Waals surface area contributed by atoms with E-state index in [9.17, 15) is 0 Å². The molecule has 0 amide bonds. The Kier molecular flexibility index (Phi) is 5.53. The lowest BCUT2D eigenvalue weighted by molar-refractivity contribution is 0.255. The maximum Gasteiger partial charge on any atom is 0.166 e. The van der Waals surface area contributed by atoms with Crippen LogP contribution < -0.4 is 10.5 Å². The van der Waals surface area contributed by atoms with Crippen molar-refractivity contribution in [3.05, 3.63) is 72.1 Å². The lowest BCUT2D eigenvalue weighted by Crippen LogP contribution is -2.29. The third-order valence-electron chi connectivity index (χ3n) is 5.39. The fourth-order valence-electron chi connectivity index (χ4n) is 3.61. The third kappa shape index (κ3) is 4.31. The number of anilines is 1. The minimum atomic E-state index is 0.391. The topological polar surface area (TPSA) is 64.3 Å². The molecule has 2 aromatic heterocycles. The fourth-order valence-corrected chi connectivity index (χ4v) is 3.61. The molecule has 3 aromatic rings. The summed E-state index contributed by atoms with van der Waals surface area (Å²) in [4.78, 5) is 11.4. The van der Waals surface area contributed by atoms with Gasteiger partial charge in [-0.2, -0.15) is 0 Å². The zero-order chi connectivity index (χ0) is 19.3. The number of nitrogens with zero attached hydrogens (tertiary/aromatic N) is 3. The van der Waals surface area contributed by atoms with Crippen molar-refractivity contribution in [2.45, 2.75) is 25.4 Å². The van der Waals surface area contributed by atoms with E-state index < -0.39 is 0 Å². The smallest absolute Gasteiger partial charge is 0.166 e. The van der Waals surface area contributed by atoms with Crippen LogP contribution in [0.15, 0.2) is 60.9 Å². The maximum atomic E-state index is 6.00. The van der Waals surface area contributed by atoms with Crippen molar-refractivity contribution in [3.8, 4) is 17.0 Å². The van der Waals surface area contributed by atoms with Crippen LogP contribution in [0, 0.1) is 0 Å². The molecule has 1 saturated heterocycles. The first-order chi connectivity index (χ1) is 13.7. The van der Waals surface area contributed by atoms with E-state index in [0.29, 0.717) is 24.1 Å². The average Bonchev–Trinajstić information content (AvgIpc) is 2.75. The Bertz CT molecular complexity index is 904. The zero-order valence-electron chi connectivity index (χ0n) is 16.2. The van der Waals surface area contributed by atoms with E-state index in [1.165, 1.54) is 18.4 Å². The van der Waals surface area contributed by atoms with Crippen LogP contribution in [0.1, 0.15) is 29.9 Å². The van der Waals surface area contributed by atoms with Crippen molar-refractivity contribution >= 4 is 5.82 Å². The summed E-state index contributed by atoms with van der Waals surface area (Å²) in [7, 11) is 2.18. The molecular formula is C23H26N4O. The number of ether oxygens (including phenoxy) is 1. The number of piperidine rings is 1. The monoisotopic (exact) mass is 374 g/mol. The number of hydrogen-bond donors (Lipinski definition) is 1. The Labute approximate surface area is 166 Å². The summed E-state index contributed by atoms with van der Waals surface area (Å²) >= 11 is 0. The molecule has 144 valence electrons. The Balaban J connectivity index is 1.48. The number of hydrogen-bond acceptors (Lipinski definition) is 5. The van der Waals surface area contributed by atoms with E-state index in [1.54, 1.807) is 6.20 Å². The molecule has 1 aromatic carbocycles. The molecule has 4 rings (SSSR count). The van der Waals surface area contributed by atoms with Crippen molar-refractivity contribution in [3.63, 3.8) is 0 Å². The minimum Gasteiger partial charge on any atom is -0.485 e. The molecule has 0 atom stereocenters. The van der Waals surface area contributed by atoms with E-state index in [4.69, 9.17) is 10.5 Å². The van der Waals surface area contributed by atoms with Gasteiger partial charge >= 0.3 is 0 Å². The molecule has 3 heterocycles. The summed E-state index contributed by atoms with van der Waals surface area (Å²) in [6.07, 6.45) is 6.14. The standard InChI is InChI=1S/C23H26N4O/c1-27-11-9-18(10-12-27)19-7-8-21(25-14-19)20-13-22(23(24)26-15-20)28-16-17-5-3-2-4-6-17/h2-8,13-15,18H,9-12,16H2,1H3,(H2,24,26). The number of benzene rings is 1. The van der Waals surface area contributed by atoms with Gasteiger partial charge in [-0.1, -0.05) is 36.4 Å². The first-order valence-electron chi connectivity index (χ1n) is 9.76. The second-order valence-electron chi connectivity index (χ2n) is 7.44. The van der Waals surface area contributed by atoms with Crippen molar-refractivity contribution in [2.24, 2.45) is 0 Å². The van der Waals surface area contributed by atoms with Gasteiger partial charge in [0.05, 0.1) is 5.69 Å². The molecule has 0 bridgehead atoms. The maximum absolute atomic E-state index is 6.00. The van der Waals surface area contributed by atoms with Gasteiger partial charge in [0.2, 0.25) is 0 Å². The highest BCUT2D eigenvalue weighted by Gasteiger charge is 2.18. The van der Waals surface area contributed by atoms with Gasteiger partial charge in [-0.05, 0) is 62.2 Å². The highest BCUT2D eigenvalue weighted by Crippen LogP contribution is 2.30. The molecule has 0 spiro atoms. The summed E-state index contributed by atoms with van der Waals surface area (Å²) in [5.74, 6) is 1.58. The van der Waals surface area contributed by atoms with E-state index in [-0.39, 0.29) is 0 Å². The molecular weight excluding hydrogens is 348 g/mol. The van der Waals surface area contributed by atoms with E-state index in [1.807, 2.05) is 42.6 Å². The van der Waals surface area contributed by atoms with Crippen LogP contribution in [0.4, 0.5) is 5.82 Å². The molecule has 1 fully saturated rings. The van der Waals surface area contributed by atoms with Crippen LogP contribution in [-0.2, 0) is 6.61 Å². The Morgan fingerprint density at radius 2 is 1.82 bits per heavy atom. The van der Waals surface area contributed by atoms with Gasteiger partial charge in [0.25, 0.3) is 0 Å². The summed E-state index contributed by atoms with van der Waals surface area (Å²) in [6.45, 7) is 2.76. The van der Waals surface area contributed by atoms with E-state index in [2.05, 4.69) is 34.0 Å². The first-order valence-corrected chi connectivity index (χ1v) is 9.76. The second kappa shape index (κ2) is 8.40. The predicted octanol–water partition coefficient (Wildman–Crippen LogP) is 4.11. The minimum absolute atomic E-state index is 0.391. The van der Waals surface area contributed by atoms with Crippen molar-refractivity contribution in [1.29, 1.82) is 0 Å². The van der Waals surface area contributed by atoms with Gasteiger partial charge < -0.3 is 15.4 Å². The number of likely N-dealkylation sites (tertiary alicyclic amines) is 1. The summed E-state index contributed by atoms with van der Waals surface area (Å²) in [5.41, 5.74) is 10.2. The van der Waals surface area contributed by atoms with Crippen LogP contribution in [0.3, 0.4) is 0 Å². The molecule has 5 heteroatoms. The molecule has 5 nitrogen and oxygen atoms in total. The third-order valence-corrected chi connectivity index (χ3v) is 5.39. The molecule has 0 unspecified atom stereocenters. The number of rotatable bonds is 5. The SMILES string of the molecule is CN1CCC(c2ccc(-c3cnc(N)c(OCc4ccccc4)c3)nc2)CC1. The zero-order valence-corrected chi connectivity index (χ0v) is 16.2. The number of pyridine rings is 2. The van der Waals surface area contributed by atoms with Crippen LogP contribution >= 0.6 is 0 Å². The van der Waals surface area contributed by atoms with Gasteiger partial charge in [0.15, 0.2) is 11.6 Å². The fraction of sp³-hybridized carbons (Fsp3) is 0.304. The number of aromatic nitrogens is 2. The van der Waals surface area contributed by atoms with Crippen LogP contribution in [-0.4, -0.2) is 35.0 Å². The highest BCUT2D eigenvalue weighted by atomic mass is 16.5. The lowest BCUT2D eigenvalue weighted by atomic mass is 9.90. The predicted molar refractivity (Wildman–Crippen MR) is 112 cm³/mol. The molecule has 28 heavy (non-hydrogen) atoms. The summed E-state index contributed by atoms with van der Waals surface area (Å²) in [6, 6.07) is 16.2. The van der Waals surface area contributed by atoms with Gasteiger partial charge in [0.1, 0.15) is 6.61 Å². The van der Waals surface area contributed by atoms with Gasteiger partial charge in [-0.25, -0.2) is 4.98 Å². The van der Waals surface area contributed by atoms with E-state index in [0.717, 1.165) is 29.9 Å². The van der Waals surface area contributed by atoms with Crippen molar-refractivity contribution in [2.75, 3.05) is 25.9 Å². The molecule has 2 N–H and O–H groups in total. The van der Waals surface area contributed by atoms with Crippen LogP contribution in [0.5, 0.6) is 5.75 Å². The first kappa shape index (κ1) is 18.4. The van der Waals surface area contributed by atoms with Crippen molar-refractivity contribution in [1.82, 2.24) is 14.9 Å². The largest absolute Gasteiger partial charge is 0.485 e. The van der Waals surface area contributed by atoms with Crippen LogP contribution in [0.2, 0.25) is 0 Å². The lowest BCUT2D eigenvalue weighted by Gasteiger charge is -2.29. The van der Waals surface area contributed by atoms with Gasteiger partial charge in [-0.15, -0.1) is 0 Å². The summed E-state index contributed by atoms with van der Waals surface area (Å²) in [5, 5.41) is 0. The van der Waals surface area contributed by atoms with Crippen LogP contribution in [0.25, 0.3) is 11.3 Å². The summed E-state index contributed by atoms with van der Waals surface area (Å²) < 4.78 is 5.89. The molecule has 0 saturated carbocycles. The molecule has 0 aliphatic carbocycles. The quantitative estimate of drug-likeness (QED) is 0.728.